The van der Waals surface area contributed by atoms with Gasteiger partial charge in [-0.1, -0.05) is 38.3 Å². The molecule has 1 saturated carbocycles. The number of rotatable bonds is 3. The zero-order chi connectivity index (χ0) is 20.8. The summed E-state index contributed by atoms with van der Waals surface area (Å²) in [7, 11) is 0. The molecular formula is C25H35N3O2. The lowest BCUT2D eigenvalue weighted by Gasteiger charge is -2.44. The van der Waals surface area contributed by atoms with Crippen molar-refractivity contribution in [1.82, 2.24) is 14.4 Å². The van der Waals surface area contributed by atoms with Gasteiger partial charge in [0.25, 0.3) is 5.91 Å². The minimum Gasteiger partial charge on any atom is -0.489 e. The van der Waals surface area contributed by atoms with Crippen LogP contribution in [0.25, 0.3) is 10.9 Å². The van der Waals surface area contributed by atoms with Crippen molar-refractivity contribution in [3.05, 3.63) is 30.0 Å². The summed E-state index contributed by atoms with van der Waals surface area (Å²) in [6.07, 6.45) is 8.68. The van der Waals surface area contributed by atoms with Crippen molar-refractivity contribution >= 4 is 16.8 Å². The van der Waals surface area contributed by atoms with Gasteiger partial charge in [0.15, 0.2) is 0 Å². The maximum atomic E-state index is 13.7. The number of carbonyl (C=O) groups is 1. The number of benzene rings is 1. The molecule has 1 amide bonds. The zero-order valence-corrected chi connectivity index (χ0v) is 18.6. The first-order valence-electron chi connectivity index (χ1n) is 11.9. The Bertz CT molecular complexity index is 918. The van der Waals surface area contributed by atoms with E-state index in [1.54, 1.807) is 0 Å². The molecule has 0 radical (unpaired) electrons. The van der Waals surface area contributed by atoms with Crippen molar-refractivity contribution in [1.29, 1.82) is 0 Å². The van der Waals surface area contributed by atoms with E-state index >= 15 is 0 Å². The largest absolute Gasteiger partial charge is 0.489 e. The second kappa shape index (κ2) is 7.92. The van der Waals surface area contributed by atoms with Crippen LogP contribution in [0.4, 0.5) is 0 Å². The second-order valence-electron chi connectivity index (χ2n) is 9.62. The van der Waals surface area contributed by atoms with Gasteiger partial charge < -0.3 is 14.2 Å². The van der Waals surface area contributed by atoms with Crippen molar-refractivity contribution in [3.8, 4) is 5.75 Å². The summed E-state index contributed by atoms with van der Waals surface area (Å²) in [5, 5.41) is 1.05. The fourth-order valence-electron chi connectivity index (χ4n) is 6.28. The Morgan fingerprint density at radius 3 is 2.53 bits per heavy atom. The molecule has 5 heteroatoms. The van der Waals surface area contributed by atoms with E-state index in [-0.39, 0.29) is 5.91 Å². The molecule has 0 unspecified atom stereocenters. The lowest BCUT2D eigenvalue weighted by molar-refractivity contribution is 0.0331. The smallest absolute Gasteiger partial charge is 0.256 e. The van der Waals surface area contributed by atoms with Crippen LogP contribution in [0.2, 0.25) is 0 Å². The molecule has 0 spiro atoms. The number of amides is 1. The summed E-state index contributed by atoms with van der Waals surface area (Å²) in [4.78, 5) is 18.3. The Kier molecular flexibility index (Phi) is 5.26. The summed E-state index contributed by atoms with van der Waals surface area (Å²) >= 11 is 0. The molecule has 1 aliphatic carbocycles. The molecule has 0 bridgehead atoms. The van der Waals surface area contributed by atoms with Crippen molar-refractivity contribution < 1.29 is 9.53 Å². The predicted octanol–water partition coefficient (Wildman–Crippen LogP) is 4.71. The van der Waals surface area contributed by atoms with Crippen LogP contribution >= 0.6 is 0 Å². The first-order valence-corrected chi connectivity index (χ1v) is 11.9. The number of aromatic nitrogens is 1. The Morgan fingerprint density at radius 2 is 1.83 bits per heavy atom. The van der Waals surface area contributed by atoms with Gasteiger partial charge in [-0.2, -0.15) is 0 Å². The van der Waals surface area contributed by atoms with Gasteiger partial charge in [0.05, 0.1) is 17.1 Å². The van der Waals surface area contributed by atoms with E-state index in [1.807, 2.05) is 12.1 Å². The predicted molar refractivity (Wildman–Crippen MR) is 120 cm³/mol. The third kappa shape index (κ3) is 3.22. The van der Waals surface area contributed by atoms with Gasteiger partial charge in [-0.25, -0.2) is 0 Å². The molecule has 1 aromatic carbocycles. The molecule has 1 saturated heterocycles. The van der Waals surface area contributed by atoms with Crippen LogP contribution in [-0.4, -0.2) is 58.6 Å². The fourth-order valence-corrected chi connectivity index (χ4v) is 6.28. The Morgan fingerprint density at radius 1 is 1.10 bits per heavy atom. The van der Waals surface area contributed by atoms with Crippen LogP contribution in [0.15, 0.2) is 24.4 Å². The summed E-state index contributed by atoms with van der Waals surface area (Å²) < 4.78 is 8.61. The van der Waals surface area contributed by atoms with Crippen LogP contribution in [0.3, 0.4) is 0 Å². The molecule has 30 heavy (non-hydrogen) atoms. The Hall–Kier alpha value is -2.01. The lowest BCUT2D eigenvalue weighted by Crippen LogP contribution is -2.57. The van der Waals surface area contributed by atoms with Gasteiger partial charge in [0.2, 0.25) is 0 Å². The minimum absolute atomic E-state index is 0.176. The highest BCUT2D eigenvalue weighted by Gasteiger charge is 2.35. The van der Waals surface area contributed by atoms with Crippen LogP contribution in [0.5, 0.6) is 5.75 Å². The van der Waals surface area contributed by atoms with Gasteiger partial charge in [-0.3, -0.25) is 9.69 Å². The number of ether oxygens (including phenoxy) is 1. The number of nitrogens with zero attached hydrogens (tertiary/aromatic N) is 3. The summed E-state index contributed by atoms with van der Waals surface area (Å²) in [5.74, 6) is 1.75. The molecular weight excluding hydrogens is 374 g/mol. The highest BCUT2D eigenvalue weighted by Crippen LogP contribution is 2.42. The van der Waals surface area contributed by atoms with Crippen molar-refractivity contribution in [2.24, 2.45) is 5.92 Å². The van der Waals surface area contributed by atoms with E-state index < -0.39 is 0 Å². The van der Waals surface area contributed by atoms with Crippen LogP contribution in [-0.2, 0) is 0 Å². The zero-order valence-electron chi connectivity index (χ0n) is 18.6. The van der Waals surface area contributed by atoms with E-state index in [1.165, 1.54) is 32.1 Å². The summed E-state index contributed by atoms with van der Waals surface area (Å²) in [6.45, 7) is 10.0. The number of hydrogen-bond acceptors (Lipinski definition) is 3. The molecule has 2 aromatic rings. The van der Waals surface area contributed by atoms with E-state index in [9.17, 15) is 4.79 Å². The average Bonchev–Trinajstić information content (AvgIpc) is 3.15. The van der Waals surface area contributed by atoms with Gasteiger partial charge in [-0.05, 0) is 45.2 Å². The molecule has 0 N–H and O–H groups in total. The Balaban J connectivity index is 1.50. The topological polar surface area (TPSA) is 37.7 Å². The number of hydrogen-bond donors (Lipinski definition) is 0. The molecule has 3 heterocycles. The maximum absolute atomic E-state index is 13.7. The lowest BCUT2D eigenvalue weighted by atomic mass is 9.83. The molecule has 2 aliphatic heterocycles. The normalized spacial score (nSPS) is 28.0. The molecule has 162 valence electrons. The van der Waals surface area contributed by atoms with Crippen molar-refractivity contribution in [2.45, 2.75) is 71.0 Å². The van der Waals surface area contributed by atoms with E-state index in [0.29, 0.717) is 24.0 Å². The minimum atomic E-state index is 0.176. The third-order valence-electron chi connectivity index (χ3n) is 7.76. The average molecular weight is 410 g/mol. The monoisotopic (exact) mass is 409 g/mol. The Labute approximate surface area is 180 Å². The van der Waals surface area contributed by atoms with Gasteiger partial charge in [-0.15, -0.1) is 0 Å². The van der Waals surface area contributed by atoms with Crippen LogP contribution in [0.1, 0.15) is 69.3 Å². The molecule has 2 fully saturated rings. The van der Waals surface area contributed by atoms with Gasteiger partial charge in [0, 0.05) is 36.8 Å². The first kappa shape index (κ1) is 19.9. The highest BCUT2D eigenvalue weighted by molar-refractivity contribution is 6.08. The standard InChI is InChI=1S/C25H35N3O2/c1-4-27-17(2)13-26(14-18(27)3)25(29)21-15-28-22(19-9-6-5-7-10-19)16-30-23-12-8-11-20(21)24(23)28/h8,11-12,15,17-19,22H,4-7,9-10,13-14,16H2,1-3H3/t17-,18+,22-/m0/s1. The fraction of sp³-hybridized carbons (Fsp3) is 0.640. The molecule has 1 aromatic heterocycles. The third-order valence-corrected chi connectivity index (χ3v) is 7.76. The maximum Gasteiger partial charge on any atom is 0.256 e. The van der Waals surface area contributed by atoms with Crippen molar-refractivity contribution in [2.75, 3.05) is 26.2 Å². The van der Waals surface area contributed by atoms with E-state index in [4.69, 9.17) is 4.74 Å². The van der Waals surface area contributed by atoms with Crippen molar-refractivity contribution in [3.63, 3.8) is 0 Å². The number of carbonyl (C=O) groups excluding carboxylic acids is 1. The summed E-state index contributed by atoms with van der Waals surface area (Å²) in [5.41, 5.74) is 1.97. The second-order valence-corrected chi connectivity index (χ2v) is 9.62. The molecule has 5 rings (SSSR count). The number of para-hydroxylation sites is 1. The van der Waals surface area contributed by atoms with E-state index in [2.05, 4.69) is 47.4 Å². The molecule has 3 atom stereocenters. The van der Waals surface area contributed by atoms with E-state index in [0.717, 1.165) is 48.5 Å². The van der Waals surface area contributed by atoms with Gasteiger partial charge >= 0.3 is 0 Å². The SMILES string of the molecule is CCN1[C@H](C)CN(C(=O)c2cn3c4c(cccc24)OC[C@H]3C2CCCCC2)C[C@@H]1C. The molecule has 5 nitrogen and oxygen atoms in total. The quantitative estimate of drug-likeness (QED) is 0.737. The van der Waals surface area contributed by atoms with Gasteiger partial charge in [0.1, 0.15) is 12.4 Å². The summed E-state index contributed by atoms with van der Waals surface area (Å²) in [6, 6.07) is 7.30. The van der Waals surface area contributed by atoms with Crippen LogP contribution in [0, 0.1) is 5.92 Å². The number of piperazine rings is 1. The van der Waals surface area contributed by atoms with Crippen LogP contribution < -0.4 is 4.74 Å². The molecule has 3 aliphatic rings. The highest BCUT2D eigenvalue weighted by atomic mass is 16.5. The first-order chi connectivity index (χ1) is 14.6. The number of likely N-dealkylation sites (N-methyl/N-ethyl adjacent to an activating group) is 1.